The summed E-state index contributed by atoms with van der Waals surface area (Å²) >= 11 is 0. The normalized spacial score (nSPS) is 11.7. The van der Waals surface area contributed by atoms with Crippen LogP contribution in [-0.2, 0) is 10.0 Å². The van der Waals surface area contributed by atoms with Crippen LogP contribution >= 0.6 is 0 Å². The van der Waals surface area contributed by atoms with Gasteiger partial charge in [0.1, 0.15) is 17.7 Å². The molecule has 0 bridgehead atoms. The van der Waals surface area contributed by atoms with Crippen LogP contribution < -0.4 is 9.62 Å². The summed E-state index contributed by atoms with van der Waals surface area (Å²) in [5.74, 6) is 0.108. The first-order valence-electron chi connectivity index (χ1n) is 13.0. The second-order valence-corrected chi connectivity index (χ2v) is 12.0. The third-order valence-corrected chi connectivity index (χ3v) is 8.50. The lowest BCUT2D eigenvalue weighted by Gasteiger charge is -2.21. The van der Waals surface area contributed by atoms with Crippen LogP contribution in [0.25, 0.3) is 50.1 Å². The number of hydrogen-bond donors (Lipinski definition) is 1. The van der Waals surface area contributed by atoms with E-state index in [4.69, 9.17) is 9.40 Å². The number of carbonyl (C=O) groups is 1. The van der Waals surface area contributed by atoms with Crippen molar-refractivity contribution in [2.75, 3.05) is 24.7 Å². The summed E-state index contributed by atoms with van der Waals surface area (Å²) in [5, 5.41) is 3.30. The Balaban J connectivity index is 1.67. The molecule has 0 saturated heterocycles. The van der Waals surface area contributed by atoms with Crippen LogP contribution in [0.1, 0.15) is 15.9 Å². The molecule has 0 spiro atoms. The quantitative estimate of drug-likeness (QED) is 0.261. The second-order valence-electron chi connectivity index (χ2n) is 9.97. The topological polar surface area (TPSA) is 97.4 Å². The van der Waals surface area contributed by atoms with Crippen LogP contribution in [0.5, 0.6) is 0 Å². The molecule has 6 aromatic rings. The minimum atomic E-state index is -3.64. The Kier molecular flexibility index (Phi) is 6.38. The molecular weight excluding hydrogens is 536 g/mol. The number of nitrogens with zero attached hydrogens (tertiary/aromatic N) is 3. The number of nitrogens with one attached hydrogen (secondary N) is 1. The first-order chi connectivity index (χ1) is 19.7. The van der Waals surface area contributed by atoms with Crippen LogP contribution in [0.2, 0.25) is 0 Å². The van der Waals surface area contributed by atoms with E-state index in [9.17, 15) is 13.2 Å². The summed E-state index contributed by atoms with van der Waals surface area (Å²) < 4.78 is 35.1. The van der Waals surface area contributed by atoms with Crippen molar-refractivity contribution in [2.24, 2.45) is 0 Å². The standard InChI is InChI=1S/C32H28N4O4S/c1-20-13-15-21(16-14-20)31-29(32(37)33-2)25-17-24(27(18-28(25)40-31)35(3)41(4,38)39)23-11-8-12-26-30(23)34-19-36(26)22-9-6-5-7-10-22/h5-19H,1-4H3,(H,33,37). The maximum absolute atomic E-state index is 13.3. The predicted octanol–water partition coefficient (Wildman–Crippen LogP) is 6.17. The zero-order valence-corrected chi connectivity index (χ0v) is 23.9. The van der Waals surface area contributed by atoms with Crippen molar-refractivity contribution >= 4 is 43.6 Å². The lowest BCUT2D eigenvalue weighted by atomic mass is 9.97. The molecule has 2 aromatic heterocycles. The molecule has 2 heterocycles. The highest BCUT2D eigenvalue weighted by Gasteiger charge is 2.26. The van der Waals surface area contributed by atoms with Gasteiger partial charge in [0.05, 0.1) is 28.5 Å². The maximum Gasteiger partial charge on any atom is 0.255 e. The molecule has 0 atom stereocenters. The minimum absolute atomic E-state index is 0.305. The molecule has 6 rings (SSSR count). The van der Waals surface area contributed by atoms with Crippen molar-refractivity contribution in [1.29, 1.82) is 0 Å². The molecule has 0 aliphatic rings. The Bertz CT molecular complexity index is 2040. The van der Waals surface area contributed by atoms with Gasteiger partial charge in [-0.05, 0) is 31.2 Å². The van der Waals surface area contributed by atoms with Gasteiger partial charge in [0.2, 0.25) is 10.0 Å². The van der Waals surface area contributed by atoms with Crippen molar-refractivity contribution < 1.29 is 17.6 Å². The number of aryl methyl sites for hydroxylation is 1. The second kappa shape index (κ2) is 9.94. The van der Waals surface area contributed by atoms with Crippen LogP contribution in [-0.4, -0.2) is 44.2 Å². The minimum Gasteiger partial charge on any atom is -0.455 e. The van der Waals surface area contributed by atoms with Gasteiger partial charge in [0.15, 0.2) is 0 Å². The number of anilines is 1. The number of fused-ring (bicyclic) bond motifs is 2. The van der Waals surface area contributed by atoms with Gasteiger partial charge < -0.3 is 9.73 Å². The number of amides is 1. The highest BCUT2D eigenvalue weighted by atomic mass is 32.2. The Hall–Kier alpha value is -4.89. The molecule has 0 saturated carbocycles. The first kappa shape index (κ1) is 26.3. The Labute approximate surface area is 237 Å². The summed E-state index contributed by atoms with van der Waals surface area (Å²) in [5.41, 5.74) is 6.86. The van der Waals surface area contributed by atoms with E-state index in [2.05, 4.69) is 5.32 Å². The van der Waals surface area contributed by atoms with E-state index in [1.807, 2.05) is 90.4 Å². The zero-order chi connectivity index (χ0) is 28.9. The highest BCUT2D eigenvalue weighted by molar-refractivity contribution is 7.92. The SMILES string of the molecule is CNC(=O)c1c(-c2ccc(C)cc2)oc2cc(N(C)S(C)(=O)=O)c(-c3cccc4c3ncn4-c3ccccc3)cc12. The van der Waals surface area contributed by atoms with E-state index in [-0.39, 0.29) is 5.91 Å². The lowest BCUT2D eigenvalue weighted by Crippen LogP contribution is -2.25. The highest BCUT2D eigenvalue weighted by Crippen LogP contribution is 2.43. The number of benzene rings is 4. The summed E-state index contributed by atoms with van der Waals surface area (Å²) in [6, 6.07) is 26.9. The summed E-state index contributed by atoms with van der Waals surface area (Å²) in [6.07, 6.45) is 2.91. The number of para-hydroxylation sites is 2. The molecule has 206 valence electrons. The smallest absolute Gasteiger partial charge is 0.255 e. The number of sulfonamides is 1. The van der Waals surface area contributed by atoms with Crippen molar-refractivity contribution in [1.82, 2.24) is 14.9 Å². The van der Waals surface area contributed by atoms with E-state index in [1.165, 1.54) is 11.4 Å². The third kappa shape index (κ3) is 4.54. The molecule has 0 unspecified atom stereocenters. The maximum atomic E-state index is 13.3. The third-order valence-electron chi connectivity index (χ3n) is 7.31. The first-order valence-corrected chi connectivity index (χ1v) is 14.9. The van der Waals surface area contributed by atoms with Gasteiger partial charge >= 0.3 is 0 Å². The molecule has 8 nitrogen and oxygen atoms in total. The van der Waals surface area contributed by atoms with Crippen molar-refractivity contribution in [3.05, 3.63) is 102 Å². The number of rotatable bonds is 6. The predicted molar refractivity (Wildman–Crippen MR) is 163 cm³/mol. The molecule has 1 amide bonds. The van der Waals surface area contributed by atoms with Crippen LogP contribution in [0.4, 0.5) is 5.69 Å². The fourth-order valence-corrected chi connectivity index (χ4v) is 5.60. The monoisotopic (exact) mass is 564 g/mol. The van der Waals surface area contributed by atoms with E-state index >= 15 is 0 Å². The van der Waals surface area contributed by atoms with E-state index < -0.39 is 10.0 Å². The molecule has 9 heteroatoms. The Morgan fingerprint density at radius 2 is 1.68 bits per heavy atom. The summed E-state index contributed by atoms with van der Waals surface area (Å²) in [6.45, 7) is 1.99. The Morgan fingerprint density at radius 1 is 0.951 bits per heavy atom. The zero-order valence-electron chi connectivity index (χ0n) is 23.0. The van der Waals surface area contributed by atoms with Crippen molar-refractivity contribution in [3.63, 3.8) is 0 Å². The van der Waals surface area contributed by atoms with E-state index in [0.717, 1.165) is 34.2 Å². The number of carbonyl (C=O) groups excluding carboxylic acids is 1. The molecule has 0 radical (unpaired) electrons. The number of imidazole rings is 1. The van der Waals surface area contributed by atoms with Gasteiger partial charge in [-0.3, -0.25) is 13.7 Å². The fourth-order valence-electron chi connectivity index (χ4n) is 5.10. The number of aromatic nitrogens is 2. The molecule has 0 aliphatic carbocycles. The number of furan rings is 1. The number of hydrogen-bond acceptors (Lipinski definition) is 5. The van der Waals surface area contributed by atoms with Gasteiger partial charge in [-0.15, -0.1) is 0 Å². The van der Waals surface area contributed by atoms with E-state index in [1.54, 1.807) is 19.4 Å². The summed E-state index contributed by atoms with van der Waals surface area (Å²) in [4.78, 5) is 18.0. The van der Waals surface area contributed by atoms with Gasteiger partial charge in [-0.25, -0.2) is 13.4 Å². The van der Waals surface area contributed by atoms with Crippen molar-refractivity contribution in [2.45, 2.75) is 6.92 Å². The van der Waals surface area contributed by atoms with Gasteiger partial charge in [0, 0.05) is 47.9 Å². The summed E-state index contributed by atoms with van der Waals surface area (Å²) in [7, 11) is -0.561. The molecule has 0 aliphatic heterocycles. The van der Waals surface area contributed by atoms with Crippen LogP contribution in [0.3, 0.4) is 0 Å². The fraction of sp³-hybridized carbons (Fsp3) is 0.125. The average Bonchev–Trinajstić information content (AvgIpc) is 3.58. The van der Waals surface area contributed by atoms with Crippen molar-refractivity contribution in [3.8, 4) is 28.1 Å². The molecule has 41 heavy (non-hydrogen) atoms. The van der Waals surface area contributed by atoms with Crippen LogP contribution in [0.15, 0.2) is 95.7 Å². The molecule has 0 fully saturated rings. The molecule has 4 aromatic carbocycles. The lowest BCUT2D eigenvalue weighted by molar-refractivity contribution is 0.0964. The van der Waals surface area contributed by atoms with Gasteiger partial charge in [-0.2, -0.15) is 0 Å². The average molecular weight is 565 g/mol. The molecular formula is C32H28N4O4S. The van der Waals surface area contributed by atoms with Crippen LogP contribution in [0, 0.1) is 6.92 Å². The molecule has 1 N–H and O–H groups in total. The van der Waals surface area contributed by atoms with Gasteiger partial charge in [0.25, 0.3) is 5.91 Å². The van der Waals surface area contributed by atoms with E-state index in [0.29, 0.717) is 39.1 Å². The van der Waals surface area contributed by atoms with Gasteiger partial charge in [-0.1, -0.05) is 60.2 Å². The largest absolute Gasteiger partial charge is 0.455 e. The Morgan fingerprint density at radius 3 is 2.37 bits per heavy atom.